The van der Waals surface area contributed by atoms with Crippen LogP contribution in [0.3, 0.4) is 0 Å². The van der Waals surface area contributed by atoms with E-state index < -0.39 is 0 Å². The van der Waals surface area contributed by atoms with Crippen LogP contribution in [-0.4, -0.2) is 40.4 Å². The van der Waals surface area contributed by atoms with E-state index in [0.29, 0.717) is 11.8 Å². The Morgan fingerprint density at radius 3 is 2.74 bits per heavy atom. The van der Waals surface area contributed by atoms with Gasteiger partial charge in [-0.2, -0.15) is 0 Å². The van der Waals surface area contributed by atoms with Crippen molar-refractivity contribution >= 4 is 23.1 Å². The molecule has 0 unspecified atom stereocenters. The highest BCUT2D eigenvalue weighted by atomic mass is 32.1. The Morgan fingerprint density at radius 1 is 1.15 bits per heavy atom. The Hall–Kier alpha value is -1.95. The molecule has 1 saturated heterocycles. The Labute approximate surface area is 164 Å². The third-order valence-electron chi connectivity index (χ3n) is 6.09. The van der Waals surface area contributed by atoms with Crippen LogP contribution in [0.4, 0.5) is 5.82 Å². The zero-order valence-corrected chi connectivity index (χ0v) is 16.7. The molecular weight excluding hydrogens is 356 g/mol. The maximum absolute atomic E-state index is 13.0. The first kappa shape index (κ1) is 17.2. The summed E-state index contributed by atoms with van der Waals surface area (Å²) in [4.78, 5) is 28.3. The van der Waals surface area contributed by atoms with Crippen molar-refractivity contribution in [2.45, 2.75) is 51.5 Å². The molecule has 0 radical (unpaired) electrons. The summed E-state index contributed by atoms with van der Waals surface area (Å²) >= 11 is 1.82. The molecule has 1 saturated carbocycles. The van der Waals surface area contributed by atoms with Crippen LogP contribution in [-0.2, 0) is 17.8 Å². The van der Waals surface area contributed by atoms with Gasteiger partial charge in [-0.3, -0.25) is 4.79 Å². The molecule has 0 N–H and O–H groups in total. The Balaban J connectivity index is 1.22. The van der Waals surface area contributed by atoms with Crippen molar-refractivity contribution in [1.82, 2.24) is 14.9 Å². The van der Waals surface area contributed by atoms with E-state index in [1.807, 2.05) is 11.3 Å². The first-order valence-electron chi connectivity index (χ1n) is 10.1. The third-order valence-corrected chi connectivity index (χ3v) is 7.11. The fourth-order valence-electron chi connectivity index (χ4n) is 4.31. The topological polar surface area (TPSA) is 49.3 Å². The van der Waals surface area contributed by atoms with Crippen molar-refractivity contribution in [3.05, 3.63) is 39.5 Å². The highest BCUT2D eigenvalue weighted by Gasteiger charge is 2.32. The number of hydrogen-bond acceptors (Lipinski definition) is 5. The normalized spacial score (nSPS) is 20.6. The zero-order valence-electron chi connectivity index (χ0n) is 15.9. The maximum Gasteiger partial charge on any atom is 0.226 e. The fraction of sp³-hybridized carbons (Fsp3) is 0.571. The highest BCUT2D eigenvalue weighted by molar-refractivity contribution is 7.10. The van der Waals surface area contributed by atoms with E-state index in [4.69, 9.17) is 4.98 Å². The van der Waals surface area contributed by atoms with Crippen LogP contribution in [0.15, 0.2) is 17.5 Å². The van der Waals surface area contributed by atoms with Crippen LogP contribution < -0.4 is 4.90 Å². The van der Waals surface area contributed by atoms with E-state index in [2.05, 4.69) is 39.2 Å². The van der Waals surface area contributed by atoms with Gasteiger partial charge in [-0.25, -0.2) is 9.97 Å². The van der Waals surface area contributed by atoms with E-state index in [1.54, 1.807) is 0 Å². The van der Waals surface area contributed by atoms with E-state index in [-0.39, 0.29) is 5.92 Å². The predicted octanol–water partition coefficient (Wildman–Crippen LogP) is 3.53. The Bertz CT molecular complexity index is 852. The van der Waals surface area contributed by atoms with E-state index >= 15 is 0 Å². The van der Waals surface area contributed by atoms with Crippen LogP contribution in [0.5, 0.6) is 0 Å². The molecule has 3 aliphatic rings. The van der Waals surface area contributed by atoms with Gasteiger partial charge in [-0.15, -0.1) is 11.3 Å². The molecule has 0 atom stereocenters. The molecule has 2 fully saturated rings. The summed E-state index contributed by atoms with van der Waals surface area (Å²) in [6.45, 7) is 5.56. The standard InChI is InChI=1S/C21H26N4OS/c1-14-12-19(23-20(22-14)15-2-3-15)24-8-4-16(5-9-24)21(26)25-10-6-18-17(13-25)7-11-27-18/h7,11-12,15-16H,2-6,8-10,13H2,1H3. The lowest BCUT2D eigenvalue weighted by atomic mass is 9.94. The molecule has 142 valence electrons. The highest BCUT2D eigenvalue weighted by Crippen LogP contribution is 2.39. The molecule has 27 heavy (non-hydrogen) atoms. The summed E-state index contributed by atoms with van der Waals surface area (Å²) in [5.41, 5.74) is 2.40. The summed E-state index contributed by atoms with van der Waals surface area (Å²) in [6, 6.07) is 4.27. The third kappa shape index (κ3) is 3.47. The van der Waals surface area contributed by atoms with E-state index in [0.717, 1.165) is 62.8 Å². The molecule has 0 spiro atoms. The van der Waals surface area contributed by atoms with E-state index in [1.165, 1.54) is 23.3 Å². The number of amides is 1. The molecule has 2 aromatic rings. The van der Waals surface area contributed by atoms with Gasteiger partial charge < -0.3 is 9.80 Å². The lowest BCUT2D eigenvalue weighted by molar-refractivity contribution is -0.137. The summed E-state index contributed by atoms with van der Waals surface area (Å²) in [5.74, 6) is 3.15. The van der Waals surface area contributed by atoms with Gasteiger partial charge in [0.1, 0.15) is 11.6 Å². The van der Waals surface area contributed by atoms with Crippen molar-refractivity contribution in [2.24, 2.45) is 5.92 Å². The van der Waals surface area contributed by atoms with Gasteiger partial charge in [0, 0.05) is 54.7 Å². The van der Waals surface area contributed by atoms with Crippen molar-refractivity contribution in [3.8, 4) is 0 Å². The molecule has 2 aromatic heterocycles. The lowest BCUT2D eigenvalue weighted by Gasteiger charge is -2.36. The minimum Gasteiger partial charge on any atom is -0.356 e. The average Bonchev–Trinajstić information content (AvgIpc) is 3.44. The molecule has 1 aliphatic carbocycles. The molecule has 6 heteroatoms. The summed E-state index contributed by atoms with van der Waals surface area (Å²) in [7, 11) is 0. The van der Waals surface area contributed by atoms with Crippen molar-refractivity contribution in [1.29, 1.82) is 0 Å². The van der Waals surface area contributed by atoms with Crippen LogP contribution in [0.1, 0.15) is 53.6 Å². The summed E-state index contributed by atoms with van der Waals surface area (Å²) < 4.78 is 0. The number of nitrogens with zero attached hydrogens (tertiary/aromatic N) is 4. The van der Waals surface area contributed by atoms with Gasteiger partial charge in [0.2, 0.25) is 5.91 Å². The number of aryl methyl sites for hydroxylation is 1. The van der Waals surface area contributed by atoms with Crippen molar-refractivity contribution in [3.63, 3.8) is 0 Å². The SMILES string of the molecule is Cc1cc(N2CCC(C(=O)N3CCc4sccc4C3)CC2)nc(C2CC2)n1. The number of aromatic nitrogens is 2. The monoisotopic (exact) mass is 382 g/mol. The molecule has 5 nitrogen and oxygen atoms in total. The molecule has 0 bridgehead atoms. The van der Waals surface area contributed by atoms with Crippen molar-refractivity contribution in [2.75, 3.05) is 24.5 Å². The van der Waals surface area contributed by atoms with Crippen LogP contribution >= 0.6 is 11.3 Å². The largest absolute Gasteiger partial charge is 0.356 e. The number of piperidine rings is 1. The fourth-order valence-corrected chi connectivity index (χ4v) is 5.20. The van der Waals surface area contributed by atoms with Crippen molar-refractivity contribution < 1.29 is 4.79 Å². The summed E-state index contributed by atoms with van der Waals surface area (Å²) in [5, 5.41) is 2.15. The number of hydrogen-bond donors (Lipinski definition) is 0. The molecule has 2 aliphatic heterocycles. The van der Waals surface area contributed by atoms with Crippen LogP contribution in [0.25, 0.3) is 0 Å². The number of anilines is 1. The average molecular weight is 383 g/mol. The van der Waals surface area contributed by atoms with Gasteiger partial charge in [-0.05, 0) is 56.0 Å². The quantitative estimate of drug-likeness (QED) is 0.815. The number of thiophene rings is 1. The minimum absolute atomic E-state index is 0.160. The lowest BCUT2D eigenvalue weighted by Crippen LogP contribution is -2.44. The second-order valence-electron chi connectivity index (χ2n) is 8.14. The van der Waals surface area contributed by atoms with Gasteiger partial charge in [-0.1, -0.05) is 0 Å². The van der Waals surface area contributed by atoms with Crippen LogP contribution in [0, 0.1) is 12.8 Å². The minimum atomic E-state index is 0.160. The van der Waals surface area contributed by atoms with Gasteiger partial charge >= 0.3 is 0 Å². The zero-order chi connectivity index (χ0) is 18.4. The number of carbonyl (C=O) groups excluding carboxylic acids is 1. The molecule has 4 heterocycles. The van der Waals surface area contributed by atoms with Gasteiger partial charge in [0.15, 0.2) is 0 Å². The second kappa shape index (κ2) is 6.89. The maximum atomic E-state index is 13.0. The number of rotatable bonds is 3. The molecule has 1 amide bonds. The second-order valence-corrected chi connectivity index (χ2v) is 9.14. The smallest absolute Gasteiger partial charge is 0.226 e. The Morgan fingerprint density at radius 2 is 1.96 bits per heavy atom. The first-order valence-corrected chi connectivity index (χ1v) is 11.0. The predicted molar refractivity (Wildman–Crippen MR) is 107 cm³/mol. The molecular formula is C21H26N4OS. The number of fused-ring (bicyclic) bond motifs is 1. The van der Waals surface area contributed by atoms with E-state index in [9.17, 15) is 4.79 Å². The van der Waals surface area contributed by atoms with Crippen LogP contribution in [0.2, 0.25) is 0 Å². The van der Waals surface area contributed by atoms with Gasteiger partial charge in [0.05, 0.1) is 0 Å². The Kier molecular flexibility index (Phi) is 4.38. The summed E-state index contributed by atoms with van der Waals surface area (Å²) in [6.07, 6.45) is 5.31. The first-order chi connectivity index (χ1) is 13.2. The molecule has 0 aromatic carbocycles. The van der Waals surface area contributed by atoms with Gasteiger partial charge in [0.25, 0.3) is 0 Å². The molecule has 5 rings (SSSR count). The number of carbonyl (C=O) groups is 1.